The second-order valence-electron chi connectivity index (χ2n) is 14.3. The number of amides is 1. The number of nitrogens with zero attached hydrogens (tertiary/aromatic N) is 5. The second-order valence-corrected chi connectivity index (χ2v) is 14.3. The Hall–Kier alpha value is -3.47. The van der Waals surface area contributed by atoms with Gasteiger partial charge in [-0.2, -0.15) is 13.2 Å². The maximum Gasteiger partial charge on any atom is 0.416 e. The number of halogens is 3. The average molecular weight is 622 g/mol. The molecule has 4 aliphatic rings. The van der Waals surface area contributed by atoms with Gasteiger partial charge in [-0.15, -0.1) is 10.2 Å². The van der Waals surface area contributed by atoms with E-state index in [0.717, 1.165) is 69.2 Å². The third kappa shape index (κ3) is 5.51. The molecule has 8 nitrogen and oxygen atoms in total. The third-order valence-corrected chi connectivity index (χ3v) is 10.7. The minimum atomic E-state index is -4.59. The van der Waals surface area contributed by atoms with Crippen molar-refractivity contribution in [2.45, 2.75) is 114 Å². The second kappa shape index (κ2) is 11.1. The quantitative estimate of drug-likeness (QED) is 0.285. The number of nitrogens with one attached hydrogen (secondary N) is 2. The zero-order valence-corrected chi connectivity index (χ0v) is 26.3. The average Bonchev–Trinajstić information content (AvgIpc) is 3.55. The number of carbonyl (C=O) groups is 1. The van der Waals surface area contributed by atoms with Gasteiger partial charge in [-0.05, 0) is 98.7 Å². The van der Waals surface area contributed by atoms with E-state index in [2.05, 4.69) is 40.7 Å². The number of aromatic nitrogens is 4. The number of pyridine rings is 1. The summed E-state index contributed by atoms with van der Waals surface area (Å²) in [5.74, 6) is 1.87. The fraction of sp³-hybridized carbons (Fsp3) is 0.588. The van der Waals surface area contributed by atoms with Crippen molar-refractivity contribution in [3.05, 3.63) is 64.2 Å². The Labute approximate surface area is 262 Å². The number of hydrogen-bond acceptors (Lipinski definition) is 6. The largest absolute Gasteiger partial charge is 0.416 e. The van der Waals surface area contributed by atoms with Crippen LogP contribution in [0.5, 0.6) is 0 Å². The summed E-state index contributed by atoms with van der Waals surface area (Å²) in [5, 5.41) is 15.7. The number of anilines is 2. The lowest BCUT2D eigenvalue weighted by Gasteiger charge is -2.46. The molecule has 3 fully saturated rings. The van der Waals surface area contributed by atoms with E-state index >= 15 is 0 Å². The lowest BCUT2D eigenvalue weighted by molar-refractivity contribution is -0.138. The Morgan fingerprint density at radius 2 is 1.80 bits per heavy atom. The molecule has 1 amide bonds. The summed E-state index contributed by atoms with van der Waals surface area (Å²) in [4.78, 5) is 20.3. The number of benzene rings is 1. The minimum Gasteiger partial charge on any atom is -0.367 e. The van der Waals surface area contributed by atoms with Gasteiger partial charge in [0.1, 0.15) is 23.8 Å². The number of aryl methyl sites for hydroxylation is 1. The van der Waals surface area contributed by atoms with Crippen molar-refractivity contribution in [3.8, 4) is 0 Å². The van der Waals surface area contributed by atoms with Gasteiger partial charge >= 0.3 is 6.18 Å². The summed E-state index contributed by atoms with van der Waals surface area (Å²) < 4.78 is 45.3. The highest BCUT2D eigenvalue weighted by Gasteiger charge is 2.49. The maximum absolute atomic E-state index is 14.5. The monoisotopic (exact) mass is 621 g/mol. The molecular formula is C34H42F3N7O. The van der Waals surface area contributed by atoms with E-state index in [1.54, 1.807) is 12.4 Å². The lowest BCUT2D eigenvalue weighted by atomic mass is 9.58. The van der Waals surface area contributed by atoms with Gasteiger partial charge in [-0.25, -0.2) is 4.98 Å². The molecule has 2 N–H and O–H groups in total. The summed E-state index contributed by atoms with van der Waals surface area (Å²) in [6.07, 6.45) is 7.46. The van der Waals surface area contributed by atoms with E-state index in [4.69, 9.17) is 4.98 Å². The van der Waals surface area contributed by atoms with Gasteiger partial charge in [0, 0.05) is 30.7 Å². The van der Waals surface area contributed by atoms with Crippen molar-refractivity contribution >= 4 is 17.5 Å². The van der Waals surface area contributed by atoms with Gasteiger partial charge in [0.25, 0.3) is 5.91 Å². The number of rotatable bonds is 8. The Bertz CT molecular complexity index is 1600. The molecule has 1 aliphatic heterocycles. The van der Waals surface area contributed by atoms with E-state index in [0.29, 0.717) is 23.1 Å². The Morgan fingerprint density at radius 3 is 2.42 bits per heavy atom. The van der Waals surface area contributed by atoms with Gasteiger partial charge in [0.05, 0.1) is 17.5 Å². The van der Waals surface area contributed by atoms with Crippen LogP contribution < -0.4 is 15.5 Å². The maximum atomic E-state index is 14.5. The van der Waals surface area contributed by atoms with Crippen molar-refractivity contribution < 1.29 is 18.0 Å². The van der Waals surface area contributed by atoms with E-state index in [1.165, 1.54) is 17.4 Å². The van der Waals surface area contributed by atoms with E-state index in [9.17, 15) is 18.0 Å². The van der Waals surface area contributed by atoms with Crippen LogP contribution in [0.25, 0.3) is 0 Å². The summed E-state index contributed by atoms with van der Waals surface area (Å²) in [5.41, 5.74) is 0.307. The molecule has 2 aromatic heterocycles. The van der Waals surface area contributed by atoms with Crippen LogP contribution in [-0.2, 0) is 31.7 Å². The molecule has 0 spiro atoms. The molecule has 0 unspecified atom stereocenters. The molecule has 3 aromatic rings. The topological polar surface area (TPSA) is 88.0 Å². The minimum absolute atomic E-state index is 0.0142. The van der Waals surface area contributed by atoms with E-state index in [-0.39, 0.29) is 35.8 Å². The number of fused-ring (bicyclic) bond motifs is 1. The van der Waals surface area contributed by atoms with Gasteiger partial charge in [0.2, 0.25) is 0 Å². The molecule has 3 saturated carbocycles. The Balaban J connectivity index is 1.28. The molecule has 240 valence electrons. The normalized spacial score (nSPS) is 24.7. The number of alkyl halides is 3. The highest BCUT2D eigenvalue weighted by molar-refractivity contribution is 6.10. The van der Waals surface area contributed by atoms with Crippen molar-refractivity contribution in [1.29, 1.82) is 0 Å². The predicted molar refractivity (Wildman–Crippen MR) is 166 cm³/mol. The number of hydrogen-bond donors (Lipinski definition) is 2. The Kier molecular flexibility index (Phi) is 7.45. The first-order valence-electron chi connectivity index (χ1n) is 16.4. The highest BCUT2D eigenvalue weighted by Crippen LogP contribution is 2.52. The van der Waals surface area contributed by atoms with Crippen LogP contribution in [-0.4, -0.2) is 37.2 Å². The molecule has 0 bridgehead atoms. The van der Waals surface area contributed by atoms with Crippen LogP contribution in [0.4, 0.5) is 24.8 Å². The first kappa shape index (κ1) is 30.2. The molecule has 11 heteroatoms. The first-order valence-corrected chi connectivity index (χ1v) is 16.4. The summed E-state index contributed by atoms with van der Waals surface area (Å²) in [6, 6.07) is 7.06. The summed E-state index contributed by atoms with van der Waals surface area (Å²) in [7, 11) is 1.93. The van der Waals surface area contributed by atoms with Gasteiger partial charge in [-0.1, -0.05) is 26.2 Å². The lowest BCUT2D eigenvalue weighted by Crippen LogP contribution is -2.47. The van der Waals surface area contributed by atoms with Crippen LogP contribution in [0, 0.1) is 5.92 Å². The SMILES string of the molecule is Cn1cnnc1[C@]1(c2cc(NC3CCCCC3)nc(N3Cc4c(cc(CNC5(C)CCC5)cc4C(F)(F)F)C3=O)c2)C[C@H](C)C1. The molecule has 7 rings (SSSR count). The van der Waals surface area contributed by atoms with Crippen LogP contribution >= 0.6 is 0 Å². The van der Waals surface area contributed by atoms with Crippen molar-refractivity contribution in [2.75, 3.05) is 10.2 Å². The predicted octanol–water partition coefficient (Wildman–Crippen LogP) is 6.88. The van der Waals surface area contributed by atoms with E-state index in [1.807, 2.05) is 17.7 Å². The summed E-state index contributed by atoms with van der Waals surface area (Å²) >= 11 is 0. The molecule has 3 heterocycles. The van der Waals surface area contributed by atoms with Crippen molar-refractivity contribution in [1.82, 2.24) is 25.1 Å². The molecule has 1 aromatic carbocycles. The van der Waals surface area contributed by atoms with Crippen LogP contribution in [0.3, 0.4) is 0 Å². The first-order chi connectivity index (χ1) is 21.4. The molecule has 0 saturated heterocycles. The van der Waals surface area contributed by atoms with Crippen LogP contribution in [0.1, 0.15) is 116 Å². The standard InChI is InChI=1S/C34H42F3N7O/c1-21-16-33(17-21,31-42-39-20-43(31)3)23-14-28(40-24-8-5-4-6-9-24)41-29(15-23)44-19-26-25(30(44)45)12-22(13-27(26)34(35,36)37)18-38-32(2)10-7-11-32/h12-15,20-21,24,38H,4-11,16-19H2,1-3H3,(H,40,41)/t21-,33+. The fourth-order valence-electron chi connectivity index (χ4n) is 8.06. The number of carbonyl (C=O) groups excluding carboxylic acids is 1. The van der Waals surface area contributed by atoms with Crippen LogP contribution in [0.2, 0.25) is 0 Å². The van der Waals surface area contributed by atoms with Crippen LogP contribution in [0.15, 0.2) is 30.6 Å². The Morgan fingerprint density at radius 1 is 1.04 bits per heavy atom. The molecule has 0 atom stereocenters. The summed E-state index contributed by atoms with van der Waals surface area (Å²) in [6.45, 7) is 4.40. The molecule has 45 heavy (non-hydrogen) atoms. The van der Waals surface area contributed by atoms with Crippen molar-refractivity contribution in [3.63, 3.8) is 0 Å². The zero-order valence-electron chi connectivity index (χ0n) is 26.3. The highest BCUT2D eigenvalue weighted by atomic mass is 19.4. The zero-order chi connectivity index (χ0) is 31.6. The fourth-order valence-corrected chi connectivity index (χ4v) is 8.06. The van der Waals surface area contributed by atoms with Gasteiger partial charge in [-0.3, -0.25) is 9.69 Å². The van der Waals surface area contributed by atoms with Gasteiger partial charge in [0.15, 0.2) is 0 Å². The molecular weight excluding hydrogens is 579 g/mol. The third-order valence-electron chi connectivity index (χ3n) is 10.7. The smallest absolute Gasteiger partial charge is 0.367 e. The molecule has 0 radical (unpaired) electrons. The van der Waals surface area contributed by atoms with E-state index < -0.39 is 23.1 Å². The van der Waals surface area contributed by atoms with Crippen molar-refractivity contribution in [2.24, 2.45) is 13.0 Å². The molecule has 3 aliphatic carbocycles. The van der Waals surface area contributed by atoms with Gasteiger partial charge < -0.3 is 15.2 Å².